The molecule has 0 amide bonds. The molecule has 1 aliphatic heterocycles. The van der Waals surface area contributed by atoms with Crippen LogP contribution in [0.5, 0.6) is 0 Å². The molecule has 4 atom stereocenters. The van der Waals surface area contributed by atoms with Crippen molar-refractivity contribution < 1.29 is 4.74 Å². The average Bonchev–Trinajstić information content (AvgIpc) is 2.47. The van der Waals surface area contributed by atoms with E-state index in [1.165, 1.54) is 12.8 Å². The third-order valence-electron chi connectivity index (χ3n) is 2.69. The molecular weight excluding hydrogens is 198 g/mol. The molecule has 0 bridgehead atoms. The predicted octanol–water partition coefficient (Wildman–Crippen LogP) is 2.55. The summed E-state index contributed by atoms with van der Waals surface area (Å²) in [5.74, 6) is 0. The third-order valence-corrected chi connectivity index (χ3v) is 2.87. The van der Waals surface area contributed by atoms with E-state index in [0.717, 1.165) is 13.0 Å². The lowest BCUT2D eigenvalue weighted by molar-refractivity contribution is 0.0545. The molecule has 0 aliphatic carbocycles. The molecule has 1 N–H and O–H groups in total. The van der Waals surface area contributed by atoms with Crippen molar-refractivity contribution in [2.75, 3.05) is 6.54 Å². The van der Waals surface area contributed by atoms with Crippen molar-refractivity contribution in [1.82, 2.24) is 5.32 Å². The Morgan fingerprint density at radius 2 is 2.14 bits per heavy atom. The van der Waals surface area contributed by atoms with Crippen LogP contribution in [0.2, 0.25) is 0 Å². The minimum atomic E-state index is 0.251. The van der Waals surface area contributed by atoms with Crippen LogP contribution in [0.15, 0.2) is 0 Å². The van der Waals surface area contributed by atoms with Crippen molar-refractivity contribution >= 4 is 11.6 Å². The Kier molecular flexibility index (Phi) is 5.21. The normalized spacial score (nSPS) is 31.7. The van der Waals surface area contributed by atoms with Gasteiger partial charge in [-0.3, -0.25) is 0 Å². The SMILES string of the molecule is CC(Cl)CC(C)NCC1CCC(C)O1. The summed E-state index contributed by atoms with van der Waals surface area (Å²) in [6, 6.07) is 0.488. The van der Waals surface area contributed by atoms with Crippen LogP contribution in [-0.4, -0.2) is 30.2 Å². The number of alkyl halides is 1. The fourth-order valence-electron chi connectivity index (χ4n) is 1.94. The molecule has 0 radical (unpaired) electrons. The minimum Gasteiger partial charge on any atom is -0.374 e. The van der Waals surface area contributed by atoms with E-state index in [4.69, 9.17) is 16.3 Å². The maximum Gasteiger partial charge on any atom is 0.0704 e. The number of ether oxygens (including phenoxy) is 1. The van der Waals surface area contributed by atoms with Crippen LogP contribution in [0.1, 0.15) is 40.0 Å². The quantitative estimate of drug-likeness (QED) is 0.718. The number of hydrogen-bond donors (Lipinski definition) is 1. The van der Waals surface area contributed by atoms with E-state index in [-0.39, 0.29) is 5.38 Å². The number of hydrogen-bond acceptors (Lipinski definition) is 2. The highest BCUT2D eigenvalue weighted by Gasteiger charge is 2.21. The number of nitrogens with one attached hydrogen (secondary N) is 1. The molecule has 0 aromatic carbocycles. The van der Waals surface area contributed by atoms with Gasteiger partial charge in [0.15, 0.2) is 0 Å². The standard InChI is InChI=1S/C11H22ClNO/c1-8(12)6-9(2)13-7-11-5-4-10(3)14-11/h8-11,13H,4-7H2,1-3H3. The molecule has 0 spiro atoms. The molecule has 1 heterocycles. The van der Waals surface area contributed by atoms with E-state index in [2.05, 4.69) is 19.2 Å². The Balaban J connectivity index is 2.08. The van der Waals surface area contributed by atoms with Crippen molar-refractivity contribution in [2.24, 2.45) is 0 Å². The van der Waals surface area contributed by atoms with Crippen LogP contribution in [0, 0.1) is 0 Å². The van der Waals surface area contributed by atoms with Crippen LogP contribution in [-0.2, 0) is 4.74 Å². The van der Waals surface area contributed by atoms with Crippen LogP contribution in [0.3, 0.4) is 0 Å². The minimum absolute atomic E-state index is 0.251. The Morgan fingerprint density at radius 3 is 2.64 bits per heavy atom. The third kappa shape index (κ3) is 4.63. The first-order chi connectivity index (χ1) is 6.58. The van der Waals surface area contributed by atoms with Crippen molar-refractivity contribution in [3.8, 4) is 0 Å². The predicted molar refractivity (Wildman–Crippen MR) is 61.0 cm³/mol. The fourth-order valence-corrected chi connectivity index (χ4v) is 2.21. The van der Waals surface area contributed by atoms with Gasteiger partial charge in [-0.2, -0.15) is 0 Å². The maximum atomic E-state index is 5.92. The largest absolute Gasteiger partial charge is 0.374 e. The molecule has 1 aliphatic rings. The summed E-state index contributed by atoms with van der Waals surface area (Å²) in [5.41, 5.74) is 0. The van der Waals surface area contributed by atoms with Crippen molar-refractivity contribution in [1.29, 1.82) is 0 Å². The van der Waals surface area contributed by atoms with Gasteiger partial charge in [-0.1, -0.05) is 0 Å². The summed E-state index contributed by atoms with van der Waals surface area (Å²) in [6.45, 7) is 7.32. The first kappa shape index (κ1) is 12.3. The highest BCUT2D eigenvalue weighted by Crippen LogP contribution is 2.18. The highest BCUT2D eigenvalue weighted by molar-refractivity contribution is 6.20. The van der Waals surface area contributed by atoms with E-state index >= 15 is 0 Å². The molecule has 1 saturated heterocycles. The van der Waals surface area contributed by atoms with E-state index in [1.807, 2.05) is 6.92 Å². The van der Waals surface area contributed by atoms with E-state index < -0.39 is 0 Å². The van der Waals surface area contributed by atoms with E-state index in [0.29, 0.717) is 18.2 Å². The second kappa shape index (κ2) is 5.94. The Labute approximate surface area is 92.3 Å². The average molecular weight is 220 g/mol. The molecule has 0 aromatic heterocycles. The fraction of sp³-hybridized carbons (Fsp3) is 1.00. The second-order valence-electron chi connectivity index (χ2n) is 4.47. The van der Waals surface area contributed by atoms with Crippen LogP contribution >= 0.6 is 11.6 Å². The van der Waals surface area contributed by atoms with Gasteiger partial charge >= 0.3 is 0 Å². The van der Waals surface area contributed by atoms with Gasteiger partial charge in [0.2, 0.25) is 0 Å². The van der Waals surface area contributed by atoms with Crippen molar-refractivity contribution in [3.05, 3.63) is 0 Å². The summed E-state index contributed by atoms with van der Waals surface area (Å²) in [5, 5.41) is 3.72. The molecule has 0 saturated carbocycles. The zero-order valence-corrected chi connectivity index (χ0v) is 10.2. The van der Waals surface area contributed by atoms with Gasteiger partial charge in [-0.15, -0.1) is 11.6 Å². The zero-order valence-electron chi connectivity index (χ0n) is 9.42. The summed E-state index contributed by atoms with van der Waals surface area (Å²) in [6.07, 6.45) is 4.27. The molecule has 1 rings (SSSR count). The lowest BCUT2D eigenvalue weighted by Crippen LogP contribution is -2.34. The van der Waals surface area contributed by atoms with Crippen LogP contribution in [0.4, 0.5) is 0 Å². The Hall–Kier alpha value is 0.210. The molecule has 84 valence electrons. The van der Waals surface area contributed by atoms with Gasteiger partial charge in [0.1, 0.15) is 0 Å². The molecule has 0 aromatic rings. The first-order valence-electron chi connectivity index (χ1n) is 5.61. The number of halogens is 1. The lowest BCUT2D eigenvalue weighted by Gasteiger charge is -2.18. The Morgan fingerprint density at radius 1 is 1.43 bits per heavy atom. The summed E-state index contributed by atoms with van der Waals surface area (Å²) in [7, 11) is 0. The Bertz CT molecular complexity index is 163. The topological polar surface area (TPSA) is 21.3 Å². The van der Waals surface area contributed by atoms with Gasteiger partial charge in [0, 0.05) is 18.0 Å². The van der Waals surface area contributed by atoms with Gasteiger partial charge in [-0.25, -0.2) is 0 Å². The lowest BCUT2D eigenvalue weighted by atomic mass is 10.1. The molecule has 14 heavy (non-hydrogen) atoms. The van der Waals surface area contributed by atoms with Crippen LogP contribution < -0.4 is 5.32 Å². The second-order valence-corrected chi connectivity index (χ2v) is 5.22. The molecule has 1 fully saturated rings. The van der Waals surface area contributed by atoms with Crippen LogP contribution in [0.25, 0.3) is 0 Å². The summed E-state index contributed by atoms with van der Waals surface area (Å²) >= 11 is 5.92. The highest BCUT2D eigenvalue weighted by atomic mass is 35.5. The molecule has 3 heteroatoms. The van der Waals surface area contributed by atoms with E-state index in [9.17, 15) is 0 Å². The van der Waals surface area contributed by atoms with Crippen molar-refractivity contribution in [2.45, 2.75) is 63.7 Å². The van der Waals surface area contributed by atoms with E-state index in [1.54, 1.807) is 0 Å². The first-order valence-corrected chi connectivity index (χ1v) is 6.04. The maximum absolute atomic E-state index is 5.92. The molecule has 2 nitrogen and oxygen atoms in total. The zero-order chi connectivity index (χ0) is 10.6. The van der Waals surface area contributed by atoms with Crippen molar-refractivity contribution in [3.63, 3.8) is 0 Å². The van der Waals surface area contributed by atoms with Gasteiger partial charge in [0.05, 0.1) is 12.2 Å². The van der Waals surface area contributed by atoms with Gasteiger partial charge in [0.25, 0.3) is 0 Å². The molecule has 4 unspecified atom stereocenters. The smallest absolute Gasteiger partial charge is 0.0704 e. The van der Waals surface area contributed by atoms with Gasteiger partial charge in [-0.05, 0) is 40.0 Å². The summed E-state index contributed by atoms with van der Waals surface area (Å²) < 4.78 is 5.72. The van der Waals surface area contributed by atoms with Gasteiger partial charge < -0.3 is 10.1 Å². The monoisotopic (exact) mass is 219 g/mol. The molecular formula is C11H22ClNO. The summed E-state index contributed by atoms with van der Waals surface area (Å²) in [4.78, 5) is 0. The number of rotatable bonds is 5.